The quantitative estimate of drug-likeness (QED) is 0.451. The van der Waals surface area contributed by atoms with E-state index in [4.69, 9.17) is 9.73 Å². The van der Waals surface area contributed by atoms with E-state index < -0.39 is 0 Å². The van der Waals surface area contributed by atoms with E-state index in [1.54, 1.807) is 7.11 Å². The summed E-state index contributed by atoms with van der Waals surface area (Å²) < 4.78 is 7.27. The van der Waals surface area contributed by atoms with Crippen LogP contribution in [0.25, 0.3) is 0 Å². The van der Waals surface area contributed by atoms with Crippen LogP contribution in [0.2, 0.25) is 0 Å². The number of ether oxygens (including phenoxy) is 1. The first-order valence-electron chi connectivity index (χ1n) is 11.8. The summed E-state index contributed by atoms with van der Waals surface area (Å²) in [5.74, 6) is 4.33. The molecular formula is C24H39N7O. The lowest BCUT2D eigenvalue weighted by Gasteiger charge is -2.24. The highest BCUT2D eigenvalue weighted by atomic mass is 16.5. The van der Waals surface area contributed by atoms with Crippen LogP contribution in [-0.2, 0) is 20.0 Å². The average Bonchev–Trinajstić information content (AvgIpc) is 3.41. The van der Waals surface area contributed by atoms with Gasteiger partial charge >= 0.3 is 0 Å². The molecule has 8 heteroatoms. The van der Waals surface area contributed by atoms with E-state index >= 15 is 0 Å². The Morgan fingerprint density at radius 2 is 1.97 bits per heavy atom. The highest BCUT2D eigenvalue weighted by molar-refractivity contribution is 5.80. The predicted octanol–water partition coefficient (Wildman–Crippen LogP) is 2.48. The van der Waals surface area contributed by atoms with Gasteiger partial charge in [-0.05, 0) is 56.5 Å². The number of aryl methyl sites for hydroxylation is 1. The Morgan fingerprint density at radius 1 is 1.22 bits per heavy atom. The standard InChI is InChI=1S/C24H39N7O/c1-6-30(7-2)17-21-13-15-31(18-21)24(26-16-23-28-27-19(3)29(23)4)25-14-12-20-8-10-22(32-5)11-9-20/h8-11,21H,6-7,12-18H2,1-5H3,(H,25,26). The zero-order valence-corrected chi connectivity index (χ0v) is 20.3. The van der Waals surface area contributed by atoms with Crippen molar-refractivity contribution in [3.05, 3.63) is 41.5 Å². The van der Waals surface area contributed by atoms with Gasteiger partial charge in [0, 0.05) is 33.2 Å². The molecule has 0 radical (unpaired) electrons. The number of hydrogen-bond acceptors (Lipinski definition) is 5. The van der Waals surface area contributed by atoms with Crippen molar-refractivity contribution in [1.82, 2.24) is 29.9 Å². The molecule has 0 bridgehead atoms. The minimum Gasteiger partial charge on any atom is -0.497 e. The summed E-state index contributed by atoms with van der Waals surface area (Å²) in [4.78, 5) is 9.86. The number of aliphatic imine (C=N–C) groups is 1. The maximum Gasteiger partial charge on any atom is 0.194 e. The second kappa shape index (κ2) is 11.9. The Morgan fingerprint density at radius 3 is 2.59 bits per heavy atom. The summed E-state index contributed by atoms with van der Waals surface area (Å²) in [5, 5.41) is 12.1. The predicted molar refractivity (Wildman–Crippen MR) is 129 cm³/mol. The first kappa shape index (κ1) is 24.0. The van der Waals surface area contributed by atoms with Gasteiger partial charge in [-0.2, -0.15) is 0 Å². The van der Waals surface area contributed by atoms with E-state index in [-0.39, 0.29) is 0 Å². The lowest BCUT2D eigenvalue weighted by Crippen LogP contribution is -2.41. The maximum atomic E-state index is 5.26. The van der Waals surface area contributed by atoms with Crippen LogP contribution < -0.4 is 10.1 Å². The van der Waals surface area contributed by atoms with Crippen molar-refractivity contribution in [2.24, 2.45) is 18.0 Å². The number of guanidine groups is 1. The maximum absolute atomic E-state index is 5.26. The van der Waals surface area contributed by atoms with Crippen LogP contribution in [0.4, 0.5) is 0 Å². The molecule has 1 unspecified atom stereocenters. The number of likely N-dealkylation sites (tertiary alicyclic amines) is 1. The molecule has 2 aromatic rings. The number of methoxy groups -OCH3 is 1. The number of hydrogen-bond donors (Lipinski definition) is 1. The van der Waals surface area contributed by atoms with Crippen molar-refractivity contribution in [1.29, 1.82) is 0 Å². The van der Waals surface area contributed by atoms with Crippen molar-refractivity contribution >= 4 is 5.96 Å². The Hall–Kier alpha value is -2.61. The van der Waals surface area contributed by atoms with Gasteiger partial charge in [-0.3, -0.25) is 0 Å². The highest BCUT2D eigenvalue weighted by Gasteiger charge is 2.26. The van der Waals surface area contributed by atoms with E-state index in [1.807, 2.05) is 30.7 Å². The van der Waals surface area contributed by atoms with Gasteiger partial charge in [0.15, 0.2) is 11.8 Å². The van der Waals surface area contributed by atoms with Crippen molar-refractivity contribution in [2.45, 2.75) is 40.2 Å². The molecule has 0 amide bonds. The smallest absolute Gasteiger partial charge is 0.194 e. The molecule has 1 aromatic carbocycles. The number of aromatic nitrogens is 3. The molecule has 1 saturated heterocycles. The van der Waals surface area contributed by atoms with E-state index in [0.717, 1.165) is 69.0 Å². The molecule has 0 aliphatic carbocycles. The molecule has 1 N–H and O–H groups in total. The van der Waals surface area contributed by atoms with E-state index in [2.05, 4.69) is 51.3 Å². The van der Waals surface area contributed by atoms with Crippen molar-refractivity contribution in [3.8, 4) is 5.75 Å². The number of nitrogens with one attached hydrogen (secondary N) is 1. The van der Waals surface area contributed by atoms with Gasteiger partial charge in [-0.15, -0.1) is 10.2 Å². The first-order valence-corrected chi connectivity index (χ1v) is 11.8. The summed E-state index contributed by atoms with van der Waals surface area (Å²) in [6.45, 7) is 13.3. The van der Waals surface area contributed by atoms with Gasteiger partial charge in [0.05, 0.1) is 7.11 Å². The first-order chi connectivity index (χ1) is 15.5. The highest BCUT2D eigenvalue weighted by Crippen LogP contribution is 2.18. The van der Waals surface area contributed by atoms with Crippen molar-refractivity contribution in [2.75, 3.05) is 46.4 Å². The third kappa shape index (κ3) is 6.45. The Balaban J connectivity index is 1.63. The third-order valence-corrected chi connectivity index (χ3v) is 6.41. The topological polar surface area (TPSA) is 70.8 Å². The summed E-state index contributed by atoms with van der Waals surface area (Å²) in [7, 11) is 3.69. The van der Waals surface area contributed by atoms with Gasteiger partial charge in [0.2, 0.25) is 0 Å². The molecule has 1 fully saturated rings. The van der Waals surface area contributed by atoms with Gasteiger partial charge in [0.1, 0.15) is 18.1 Å². The van der Waals surface area contributed by atoms with E-state index in [9.17, 15) is 0 Å². The van der Waals surface area contributed by atoms with Crippen LogP contribution in [0.5, 0.6) is 5.75 Å². The fourth-order valence-corrected chi connectivity index (χ4v) is 4.13. The fraction of sp³-hybridized carbons (Fsp3) is 0.625. The lowest BCUT2D eigenvalue weighted by molar-refractivity contribution is 0.255. The van der Waals surface area contributed by atoms with Gasteiger partial charge in [-0.25, -0.2) is 4.99 Å². The number of nitrogens with zero attached hydrogens (tertiary/aromatic N) is 6. The number of benzene rings is 1. The molecule has 2 heterocycles. The number of rotatable bonds is 10. The van der Waals surface area contributed by atoms with Crippen LogP contribution in [0.15, 0.2) is 29.3 Å². The normalized spacial score (nSPS) is 16.8. The monoisotopic (exact) mass is 441 g/mol. The molecule has 1 atom stereocenters. The molecule has 8 nitrogen and oxygen atoms in total. The molecule has 0 spiro atoms. The molecule has 0 saturated carbocycles. The molecule has 32 heavy (non-hydrogen) atoms. The SMILES string of the molecule is CCN(CC)CC1CCN(C(=NCc2nnc(C)n2C)NCCc2ccc(OC)cc2)C1. The molecular weight excluding hydrogens is 402 g/mol. The summed E-state index contributed by atoms with van der Waals surface area (Å²) in [6.07, 6.45) is 2.14. The Kier molecular flexibility index (Phi) is 8.90. The van der Waals surface area contributed by atoms with Gasteiger partial charge < -0.3 is 24.4 Å². The fourth-order valence-electron chi connectivity index (χ4n) is 4.13. The lowest BCUT2D eigenvalue weighted by atomic mass is 10.1. The molecule has 3 rings (SSSR count). The van der Waals surface area contributed by atoms with Crippen LogP contribution in [-0.4, -0.2) is 76.9 Å². The zero-order chi connectivity index (χ0) is 22.9. The zero-order valence-electron chi connectivity index (χ0n) is 20.3. The second-order valence-electron chi connectivity index (χ2n) is 8.47. The second-order valence-corrected chi connectivity index (χ2v) is 8.47. The summed E-state index contributed by atoms with van der Waals surface area (Å²) in [5.41, 5.74) is 1.28. The van der Waals surface area contributed by atoms with Crippen LogP contribution in [0, 0.1) is 12.8 Å². The van der Waals surface area contributed by atoms with Crippen LogP contribution in [0.1, 0.15) is 37.5 Å². The van der Waals surface area contributed by atoms with E-state index in [1.165, 1.54) is 12.0 Å². The van der Waals surface area contributed by atoms with Crippen LogP contribution in [0.3, 0.4) is 0 Å². The minimum atomic E-state index is 0.527. The molecule has 1 aromatic heterocycles. The third-order valence-electron chi connectivity index (χ3n) is 6.41. The van der Waals surface area contributed by atoms with Gasteiger partial charge in [0.25, 0.3) is 0 Å². The Labute approximate surface area is 192 Å². The minimum absolute atomic E-state index is 0.527. The summed E-state index contributed by atoms with van der Waals surface area (Å²) in [6, 6.07) is 8.27. The average molecular weight is 442 g/mol. The molecule has 1 aliphatic rings. The van der Waals surface area contributed by atoms with Crippen LogP contribution >= 0.6 is 0 Å². The largest absolute Gasteiger partial charge is 0.497 e. The Bertz CT molecular complexity index is 858. The van der Waals surface area contributed by atoms with Gasteiger partial charge in [-0.1, -0.05) is 26.0 Å². The van der Waals surface area contributed by atoms with Crippen molar-refractivity contribution in [3.63, 3.8) is 0 Å². The van der Waals surface area contributed by atoms with E-state index in [0.29, 0.717) is 12.5 Å². The van der Waals surface area contributed by atoms with Crippen molar-refractivity contribution < 1.29 is 4.74 Å². The summed E-state index contributed by atoms with van der Waals surface area (Å²) >= 11 is 0. The molecule has 176 valence electrons. The molecule has 1 aliphatic heterocycles.